The predicted molar refractivity (Wildman–Crippen MR) is 267 cm³/mol. The van der Waals surface area contributed by atoms with Crippen LogP contribution in [0.5, 0.6) is 0 Å². The molecule has 3 nitrogen and oxygen atoms in total. The number of fused-ring (bicyclic) bond motifs is 9. The Morgan fingerprint density at radius 1 is 0.359 bits per heavy atom. The third-order valence-corrected chi connectivity index (χ3v) is 13.6. The van der Waals surface area contributed by atoms with Gasteiger partial charge in [-0.3, -0.25) is 0 Å². The molecule has 1 aliphatic carbocycles. The van der Waals surface area contributed by atoms with Gasteiger partial charge in [-0.1, -0.05) is 172 Å². The first-order valence-electron chi connectivity index (χ1n) is 22.0. The summed E-state index contributed by atoms with van der Waals surface area (Å²) in [6, 6.07) is 74.3. The third-order valence-electron chi connectivity index (χ3n) is 13.6. The van der Waals surface area contributed by atoms with Crippen molar-refractivity contribution in [3.8, 4) is 67.3 Å². The van der Waals surface area contributed by atoms with Crippen molar-refractivity contribution in [3.05, 3.63) is 217 Å². The Kier molecular flexibility index (Phi) is 7.95. The van der Waals surface area contributed by atoms with E-state index in [0.717, 1.165) is 66.5 Å². The lowest BCUT2D eigenvalue weighted by atomic mass is 9.81. The standard InChI is InChI=1S/C61H40N2O/c1-61(2)52-24-12-23-49(58(52)50-32-38-16-6-8-18-40(38)34-53(50)61)55-36-54(62-60(63-55)37-14-4-3-5-15-37)45-29-27-42-30-44(28-26-43(42)31-45)46-20-10-11-21-47(46)48-22-13-25-56-59(48)51-33-39-17-7-9-19-41(39)35-57(51)64-56/h3-36H,1-2H3. The van der Waals surface area contributed by atoms with Gasteiger partial charge in [-0.05, 0) is 125 Å². The molecule has 64 heavy (non-hydrogen) atoms. The molecule has 0 radical (unpaired) electrons. The Bertz CT molecular complexity index is 3880. The van der Waals surface area contributed by atoms with Crippen molar-refractivity contribution in [2.24, 2.45) is 0 Å². The topological polar surface area (TPSA) is 38.9 Å². The number of benzene rings is 10. The van der Waals surface area contributed by atoms with Gasteiger partial charge in [-0.25, -0.2) is 9.97 Å². The number of rotatable bonds is 5. The Balaban J connectivity index is 0.929. The van der Waals surface area contributed by atoms with Crippen molar-refractivity contribution in [1.29, 1.82) is 0 Å². The molecule has 0 saturated carbocycles. The molecule has 0 amide bonds. The lowest BCUT2D eigenvalue weighted by molar-refractivity contribution is 0.661. The van der Waals surface area contributed by atoms with E-state index in [2.05, 4.69) is 214 Å². The van der Waals surface area contributed by atoms with Gasteiger partial charge in [0.2, 0.25) is 0 Å². The Labute approximate surface area is 371 Å². The van der Waals surface area contributed by atoms with E-state index in [0.29, 0.717) is 5.82 Å². The van der Waals surface area contributed by atoms with E-state index >= 15 is 0 Å². The molecule has 0 unspecified atom stereocenters. The van der Waals surface area contributed by atoms with E-state index in [1.54, 1.807) is 0 Å². The monoisotopic (exact) mass is 816 g/mol. The fraction of sp³-hybridized carbons (Fsp3) is 0.0492. The highest BCUT2D eigenvalue weighted by molar-refractivity contribution is 6.16. The average molecular weight is 817 g/mol. The van der Waals surface area contributed by atoms with Crippen LogP contribution in [0.2, 0.25) is 0 Å². The molecule has 0 fully saturated rings. The third kappa shape index (κ3) is 5.67. The number of hydrogen-bond donors (Lipinski definition) is 0. The highest BCUT2D eigenvalue weighted by atomic mass is 16.3. The van der Waals surface area contributed by atoms with Gasteiger partial charge in [0, 0.05) is 32.9 Å². The van der Waals surface area contributed by atoms with E-state index in [9.17, 15) is 0 Å². The van der Waals surface area contributed by atoms with E-state index in [1.165, 1.54) is 60.3 Å². The fourth-order valence-electron chi connectivity index (χ4n) is 10.4. The second kappa shape index (κ2) is 13.9. The van der Waals surface area contributed by atoms with Gasteiger partial charge in [0.1, 0.15) is 11.2 Å². The molecular formula is C61H40N2O. The normalized spacial score (nSPS) is 13.0. The number of aromatic nitrogens is 2. The Morgan fingerprint density at radius 2 is 0.953 bits per heavy atom. The zero-order valence-electron chi connectivity index (χ0n) is 35.4. The van der Waals surface area contributed by atoms with E-state index in [1.807, 2.05) is 6.07 Å². The number of furan rings is 1. The smallest absolute Gasteiger partial charge is 0.160 e. The van der Waals surface area contributed by atoms with Crippen LogP contribution in [-0.4, -0.2) is 9.97 Å². The van der Waals surface area contributed by atoms with Crippen LogP contribution in [0.15, 0.2) is 211 Å². The van der Waals surface area contributed by atoms with Crippen LogP contribution in [0.25, 0.3) is 122 Å². The van der Waals surface area contributed by atoms with Crippen LogP contribution in [0.4, 0.5) is 0 Å². The van der Waals surface area contributed by atoms with Gasteiger partial charge in [0.25, 0.3) is 0 Å². The van der Waals surface area contributed by atoms with E-state index in [-0.39, 0.29) is 5.41 Å². The first-order chi connectivity index (χ1) is 31.4. The van der Waals surface area contributed by atoms with Crippen LogP contribution >= 0.6 is 0 Å². The van der Waals surface area contributed by atoms with Gasteiger partial charge in [-0.15, -0.1) is 0 Å². The summed E-state index contributed by atoms with van der Waals surface area (Å²) < 4.78 is 6.49. The Morgan fingerprint density at radius 3 is 1.75 bits per heavy atom. The van der Waals surface area contributed by atoms with Crippen LogP contribution < -0.4 is 0 Å². The first kappa shape index (κ1) is 36.5. The molecule has 2 aromatic heterocycles. The maximum Gasteiger partial charge on any atom is 0.160 e. The highest BCUT2D eigenvalue weighted by Crippen LogP contribution is 2.53. The van der Waals surface area contributed by atoms with Crippen molar-refractivity contribution < 1.29 is 4.42 Å². The van der Waals surface area contributed by atoms with Gasteiger partial charge >= 0.3 is 0 Å². The summed E-state index contributed by atoms with van der Waals surface area (Å²) in [5.74, 6) is 0.711. The number of hydrogen-bond acceptors (Lipinski definition) is 3. The SMILES string of the molecule is CC1(C)c2cc3ccccc3cc2-c2c(-c3cc(-c4ccc5cc(-c6ccccc6-c6cccc7oc8cc9ccccc9cc8c67)ccc5c4)nc(-c4ccccc4)n3)cccc21. The molecule has 13 rings (SSSR count). The lowest BCUT2D eigenvalue weighted by Gasteiger charge is -2.22. The van der Waals surface area contributed by atoms with Crippen LogP contribution in [0.1, 0.15) is 25.0 Å². The first-order valence-corrected chi connectivity index (χ1v) is 22.0. The minimum atomic E-state index is -0.156. The summed E-state index contributed by atoms with van der Waals surface area (Å²) >= 11 is 0. The van der Waals surface area contributed by atoms with Crippen LogP contribution in [0.3, 0.4) is 0 Å². The molecule has 3 heteroatoms. The lowest BCUT2D eigenvalue weighted by Crippen LogP contribution is -2.14. The average Bonchev–Trinajstić information content (AvgIpc) is 3.82. The maximum absolute atomic E-state index is 6.49. The summed E-state index contributed by atoms with van der Waals surface area (Å²) in [5, 5.41) is 9.48. The molecule has 0 bridgehead atoms. The summed E-state index contributed by atoms with van der Waals surface area (Å²) in [4.78, 5) is 10.6. The van der Waals surface area contributed by atoms with Gasteiger partial charge < -0.3 is 4.42 Å². The molecule has 12 aromatic rings. The second-order valence-electron chi connectivity index (χ2n) is 17.7. The van der Waals surface area contributed by atoms with Crippen molar-refractivity contribution in [2.45, 2.75) is 19.3 Å². The summed E-state index contributed by atoms with van der Waals surface area (Å²) in [6.07, 6.45) is 0. The maximum atomic E-state index is 6.49. The molecule has 0 N–H and O–H groups in total. The summed E-state index contributed by atoms with van der Waals surface area (Å²) in [7, 11) is 0. The minimum absolute atomic E-state index is 0.156. The Hall–Kier alpha value is -8.14. The molecule has 2 heterocycles. The predicted octanol–water partition coefficient (Wildman–Crippen LogP) is 16.5. The van der Waals surface area contributed by atoms with Crippen LogP contribution in [0, 0.1) is 0 Å². The molecule has 10 aromatic carbocycles. The molecule has 300 valence electrons. The molecule has 0 atom stereocenters. The zero-order chi connectivity index (χ0) is 42.5. The summed E-state index contributed by atoms with van der Waals surface area (Å²) in [6.45, 7) is 4.69. The molecule has 1 aliphatic rings. The number of nitrogens with zero attached hydrogens (tertiary/aromatic N) is 2. The minimum Gasteiger partial charge on any atom is -0.456 e. The van der Waals surface area contributed by atoms with Gasteiger partial charge in [0.05, 0.1) is 11.4 Å². The van der Waals surface area contributed by atoms with Crippen molar-refractivity contribution in [2.75, 3.05) is 0 Å². The molecule has 0 saturated heterocycles. The molecular weight excluding hydrogens is 777 g/mol. The highest BCUT2D eigenvalue weighted by Gasteiger charge is 2.37. The quantitative estimate of drug-likeness (QED) is 0.174. The van der Waals surface area contributed by atoms with Crippen molar-refractivity contribution >= 4 is 54.3 Å². The van der Waals surface area contributed by atoms with Gasteiger partial charge in [0.15, 0.2) is 5.82 Å². The van der Waals surface area contributed by atoms with Crippen molar-refractivity contribution in [3.63, 3.8) is 0 Å². The van der Waals surface area contributed by atoms with Gasteiger partial charge in [-0.2, -0.15) is 0 Å². The largest absolute Gasteiger partial charge is 0.456 e. The molecule has 0 spiro atoms. The zero-order valence-corrected chi connectivity index (χ0v) is 35.4. The summed E-state index contributed by atoms with van der Waals surface area (Å²) in [5.41, 5.74) is 16.5. The van der Waals surface area contributed by atoms with Crippen LogP contribution in [-0.2, 0) is 5.41 Å². The fourth-order valence-corrected chi connectivity index (χ4v) is 10.4. The molecule has 0 aliphatic heterocycles. The second-order valence-corrected chi connectivity index (χ2v) is 17.7. The van der Waals surface area contributed by atoms with E-state index < -0.39 is 0 Å². The van der Waals surface area contributed by atoms with Crippen molar-refractivity contribution in [1.82, 2.24) is 9.97 Å². The van der Waals surface area contributed by atoms with E-state index in [4.69, 9.17) is 14.4 Å².